The Morgan fingerprint density at radius 3 is 3.00 bits per heavy atom. The molecule has 0 aliphatic carbocycles. The summed E-state index contributed by atoms with van der Waals surface area (Å²) in [5, 5.41) is 3.33. The van der Waals surface area contributed by atoms with Crippen molar-refractivity contribution in [3.63, 3.8) is 0 Å². The molecule has 106 valence electrons. The van der Waals surface area contributed by atoms with E-state index in [4.69, 9.17) is 17.4 Å². The van der Waals surface area contributed by atoms with Crippen LogP contribution in [0.4, 0.5) is 5.69 Å². The zero-order valence-corrected chi connectivity index (χ0v) is 11.6. The van der Waals surface area contributed by atoms with E-state index in [0.717, 1.165) is 13.0 Å². The summed E-state index contributed by atoms with van der Waals surface area (Å²) in [4.78, 5) is 16.0. The molecule has 0 aliphatic rings. The van der Waals surface area contributed by atoms with Gasteiger partial charge in [-0.15, -0.1) is 0 Å². The highest BCUT2D eigenvalue weighted by Crippen LogP contribution is 2.19. The van der Waals surface area contributed by atoms with Crippen LogP contribution in [0.5, 0.6) is 0 Å². The van der Waals surface area contributed by atoms with Gasteiger partial charge in [-0.05, 0) is 24.6 Å². The van der Waals surface area contributed by atoms with E-state index in [1.54, 1.807) is 30.7 Å². The molecule has 0 radical (unpaired) electrons. The highest BCUT2D eigenvalue weighted by Gasteiger charge is 2.10. The van der Waals surface area contributed by atoms with E-state index in [0.29, 0.717) is 22.8 Å². The molecule has 0 unspecified atom stereocenters. The Labute approximate surface area is 121 Å². The van der Waals surface area contributed by atoms with Crippen LogP contribution in [0.25, 0.3) is 0 Å². The molecule has 0 fully saturated rings. The van der Waals surface area contributed by atoms with Crippen LogP contribution in [-0.2, 0) is 6.54 Å². The number of amides is 1. The topological polar surface area (TPSA) is 85.0 Å². The van der Waals surface area contributed by atoms with Crippen LogP contribution in [0.3, 0.4) is 0 Å². The van der Waals surface area contributed by atoms with Crippen molar-refractivity contribution in [3.05, 3.63) is 47.5 Å². The fourth-order valence-electron chi connectivity index (χ4n) is 1.81. The van der Waals surface area contributed by atoms with Gasteiger partial charge < -0.3 is 15.3 Å². The predicted molar refractivity (Wildman–Crippen MR) is 78.4 cm³/mol. The number of nitrogens with two attached hydrogens (primary N) is 1. The van der Waals surface area contributed by atoms with Crippen molar-refractivity contribution in [2.24, 2.45) is 5.84 Å². The molecule has 4 N–H and O–H groups in total. The van der Waals surface area contributed by atoms with Crippen molar-refractivity contribution in [1.29, 1.82) is 0 Å². The number of halogens is 1. The third-order valence-electron chi connectivity index (χ3n) is 2.82. The lowest BCUT2D eigenvalue weighted by Gasteiger charge is -2.10. The van der Waals surface area contributed by atoms with Gasteiger partial charge >= 0.3 is 0 Å². The Morgan fingerprint density at radius 1 is 1.45 bits per heavy atom. The summed E-state index contributed by atoms with van der Waals surface area (Å²) in [6.45, 7) is 1.37. The lowest BCUT2D eigenvalue weighted by Crippen LogP contribution is -2.26. The van der Waals surface area contributed by atoms with Gasteiger partial charge in [-0.2, -0.15) is 0 Å². The molecule has 2 rings (SSSR count). The lowest BCUT2D eigenvalue weighted by atomic mass is 10.1. The number of hydrazine groups is 1. The number of hydrogen-bond donors (Lipinski definition) is 3. The first-order valence-corrected chi connectivity index (χ1v) is 6.58. The molecule has 0 bridgehead atoms. The smallest absolute Gasteiger partial charge is 0.253 e. The Hall–Kier alpha value is -2.05. The molecule has 1 aromatic carbocycles. The van der Waals surface area contributed by atoms with Crippen molar-refractivity contribution in [1.82, 2.24) is 14.9 Å². The Balaban J connectivity index is 1.87. The van der Waals surface area contributed by atoms with Crippen molar-refractivity contribution >= 4 is 23.2 Å². The standard InChI is InChI=1S/C13H16ClN5O/c14-10-2-3-12(18-15)11(8-10)13(20)17-4-1-6-19-7-5-16-9-19/h2-3,5,7-9,18H,1,4,6,15H2,(H,17,20). The molecule has 0 saturated heterocycles. The molecule has 0 aliphatic heterocycles. The van der Waals surface area contributed by atoms with E-state index < -0.39 is 0 Å². The van der Waals surface area contributed by atoms with Crippen LogP contribution in [0.1, 0.15) is 16.8 Å². The third-order valence-corrected chi connectivity index (χ3v) is 3.05. The minimum Gasteiger partial charge on any atom is -0.352 e. The number of anilines is 1. The molecule has 1 amide bonds. The van der Waals surface area contributed by atoms with E-state index in [1.807, 2.05) is 10.8 Å². The van der Waals surface area contributed by atoms with Crippen LogP contribution < -0.4 is 16.6 Å². The SMILES string of the molecule is NNc1ccc(Cl)cc1C(=O)NCCCn1ccnc1. The van der Waals surface area contributed by atoms with E-state index in [2.05, 4.69) is 15.7 Å². The number of carbonyl (C=O) groups is 1. The first kappa shape index (κ1) is 14.4. The summed E-state index contributed by atoms with van der Waals surface area (Å²) < 4.78 is 1.96. The third kappa shape index (κ3) is 3.72. The summed E-state index contributed by atoms with van der Waals surface area (Å²) >= 11 is 5.89. The van der Waals surface area contributed by atoms with Crippen molar-refractivity contribution in [2.75, 3.05) is 12.0 Å². The molecule has 0 atom stereocenters. The summed E-state index contributed by atoms with van der Waals surface area (Å²) in [5.74, 6) is 5.17. The van der Waals surface area contributed by atoms with Crippen LogP contribution in [0, 0.1) is 0 Å². The molecule has 7 heteroatoms. The number of benzene rings is 1. The van der Waals surface area contributed by atoms with Gasteiger partial charge in [0.1, 0.15) is 0 Å². The minimum atomic E-state index is -0.203. The number of nitrogens with one attached hydrogen (secondary N) is 2. The van der Waals surface area contributed by atoms with Crippen LogP contribution in [0.15, 0.2) is 36.9 Å². The molecule has 1 aromatic heterocycles. The largest absolute Gasteiger partial charge is 0.352 e. The van der Waals surface area contributed by atoms with Crippen LogP contribution in [-0.4, -0.2) is 22.0 Å². The van der Waals surface area contributed by atoms with Crippen molar-refractivity contribution in [3.8, 4) is 0 Å². The molecule has 0 spiro atoms. The van der Waals surface area contributed by atoms with Crippen LogP contribution >= 0.6 is 11.6 Å². The number of aromatic nitrogens is 2. The Morgan fingerprint density at radius 2 is 2.30 bits per heavy atom. The van der Waals surface area contributed by atoms with E-state index in [9.17, 15) is 4.79 Å². The quantitative estimate of drug-likeness (QED) is 0.429. The van der Waals surface area contributed by atoms with Crippen LogP contribution in [0.2, 0.25) is 5.02 Å². The monoisotopic (exact) mass is 293 g/mol. The number of hydrogen-bond acceptors (Lipinski definition) is 4. The molecule has 0 saturated carbocycles. The average molecular weight is 294 g/mol. The van der Waals surface area contributed by atoms with Gasteiger partial charge in [0.15, 0.2) is 0 Å². The summed E-state index contributed by atoms with van der Waals surface area (Å²) in [5.41, 5.74) is 3.46. The summed E-state index contributed by atoms with van der Waals surface area (Å²) in [6, 6.07) is 4.93. The number of aryl methyl sites for hydroxylation is 1. The summed E-state index contributed by atoms with van der Waals surface area (Å²) in [6.07, 6.45) is 6.17. The second-order valence-corrected chi connectivity index (χ2v) is 4.68. The van der Waals surface area contributed by atoms with Gasteiger partial charge in [-0.25, -0.2) is 4.98 Å². The minimum absolute atomic E-state index is 0.203. The first-order chi connectivity index (χ1) is 9.70. The Kier molecular flexibility index (Phi) is 4.97. The van der Waals surface area contributed by atoms with Gasteiger partial charge in [0.05, 0.1) is 17.6 Å². The number of imidazole rings is 1. The maximum Gasteiger partial charge on any atom is 0.253 e. The number of nitrogen functional groups attached to an aromatic ring is 1. The maximum atomic E-state index is 12.1. The molecule has 1 heterocycles. The van der Waals surface area contributed by atoms with Crippen molar-refractivity contribution < 1.29 is 4.79 Å². The van der Waals surface area contributed by atoms with E-state index in [-0.39, 0.29) is 5.91 Å². The normalized spacial score (nSPS) is 10.3. The number of carbonyl (C=O) groups excluding carboxylic acids is 1. The van der Waals surface area contributed by atoms with Gasteiger partial charge in [0.25, 0.3) is 5.91 Å². The zero-order valence-electron chi connectivity index (χ0n) is 10.8. The number of nitrogens with zero attached hydrogens (tertiary/aromatic N) is 2. The van der Waals surface area contributed by atoms with Gasteiger partial charge in [0, 0.05) is 30.5 Å². The van der Waals surface area contributed by atoms with Gasteiger partial charge in [-0.1, -0.05) is 11.6 Å². The molecular weight excluding hydrogens is 278 g/mol. The molecule has 2 aromatic rings. The zero-order chi connectivity index (χ0) is 14.4. The van der Waals surface area contributed by atoms with Crippen molar-refractivity contribution in [2.45, 2.75) is 13.0 Å². The fourth-order valence-corrected chi connectivity index (χ4v) is 1.98. The second kappa shape index (κ2) is 6.93. The average Bonchev–Trinajstić information content (AvgIpc) is 2.96. The summed E-state index contributed by atoms with van der Waals surface area (Å²) in [7, 11) is 0. The predicted octanol–water partition coefficient (Wildman–Crippen LogP) is 1.64. The fraction of sp³-hybridized carbons (Fsp3) is 0.231. The highest BCUT2D eigenvalue weighted by molar-refractivity contribution is 6.31. The Bertz CT molecular complexity index is 570. The second-order valence-electron chi connectivity index (χ2n) is 4.24. The molecule has 20 heavy (non-hydrogen) atoms. The van der Waals surface area contributed by atoms with Gasteiger partial charge in [0.2, 0.25) is 0 Å². The number of rotatable bonds is 6. The van der Waals surface area contributed by atoms with E-state index in [1.165, 1.54) is 0 Å². The highest BCUT2D eigenvalue weighted by atomic mass is 35.5. The van der Waals surface area contributed by atoms with E-state index >= 15 is 0 Å². The molecule has 6 nitrogen and oxygen atoms in total. The molecular formula is C13H16ClN5O. The first-order valence-electron chi connectivity index (χ1n) is 6.21. The lowest BCUT2D eigenvalue weighted by molar-refractivity contribution is 0.0953. The van der Waals surface area contributed by atoms with Gasteiger partial charge in [-0.3, -0.25) is 10.6 Å². The maximum absolute atomic E-state index is 12.1.